The summed E-state index contributed by atoms with van der Waals surface area (Å²) < 4.78 is 0. The number of nitrogens with zero attached hydrogens (tertiary/aromatic N) is 1. The molecule has 1 amide bonds. The van der Waals surface area contributed by atoms with E-state index < -0.39 is 0 Å². The normalized spacial score (nSPS) is 10.9. The molecule has 0 saturated carbocycles. The summed E-state index contributed by atoms with van der Waals surface area (Å²) in [6, 6.07) is 20.0. The van der Waals surface area contributed by atoms with Crippen LogP contribution >= 0.6 is 0 Å². The predicted octanol–water partition coefficient (Wildman–Crippen LogP) is 3.31. The first-order chi connectivity index (χ1) is 10.8. The molecule has 0 aliphatic carbocycles. The molecular formula is C18H14N2O2. The summed E-state index contributed by atoms with van der Waals surface area (Å²) in [6.07, 6.45) is 1.42. The molecule has 0 spiro atoms. The Morgan fingerprint density at radius 1 is 0.955 bits per heavy atom. The van der Waals surface area contributed by atoms with E-state index in [0.717, 1.165) is 10.8 Å². The number of para-hydroxylation sites is 1. The molecule has 3 aromatic rings. The average Bonchev–Trinajstić information content (AvgIpc) is 2.56. The number of hydrogen-bond donors (Lipinski definition) is 2. The smallest absolute Gasteiger partial charge is 0.271 e. The Kier molecular flexibility index (Phi) is 3.83. The average molecular weight is 290 g/mol. The van der Waals surface area contributed by atoms with Crippen LogP contribution in [0.1, 0.15) is 15.9 Å². The second-order valence-electron chi connectivity index (χ2n) is 4.78. The molecule has 4 nitrogen and oxygen atoms in total. The van der Waals surface area contributed by atoms with E-state index in [1.165, 1.54) is 6.21 Å². The van der Waals surface area contributed by atoms with Crippen LogP contribution in [0.25, 0.3) is 10.8 Å². The molecule has 0 radical (unpaired) electrons. The highest BCUT2D eigenvalue weighted by Gasteiger charge is 2.08. The molecule has 0 aliphatic rings. The summed E-state index contributed by atoms with van der Waals surface area (Å²) in [5.41, 5.74) is 3.59. The minimum atomic E-state index is -0.288. The van der Waals surface area contributed by atoms with Gasteiger partial charge in [0.2, 0.25) is 0 Å². The van der Waals surface area contributed by atoms with Gasteiger partial charge in [-0.1, -0.05) is 48.5 Å². The van der Waals surface area contributed by atoms with Gasteiger partial charge in [-0.2, -0.15) is 5.10 Å². The molecule has 0 fully saturated rings. The predicted molar refractivity (Wildman–Crippen MR) is 87.1 cm³/mol. The highest BCUT2D eigenvalue weighted by molar-refractivity contribution is 6.07. The number of aromatic hydroxyl groups is 1. The van der Waals surface area contributed by atoms with Crippen molar-refractivity contribution in [2.24, 2.45) is 5.10 Å². The number of hydrazone groups is 1. The molecule has 22 heavy (non-hydrogen) atoms. The fourth-order valence-corrected chi connectivity index (χ4v) is 2.24. The Morgan fingerprint density at radius 2 is 1.68 bits per heavy atom. The van der Waals surface area contributed by atoms with Crippen molar-refractivity contribution in [2.45, 2.75) is 0 Å². The minimum absolute atomic E-state index is 0.116. The maximum atomic E-state index is 12.2. The van der Waals surface area contributed by atoms with E-state index in [-0.39, 0.29) is 11.7 Å². The first kappa shape index (κ1) is 13.8. The van der Waals surface area contributed by atoms with Crippen LogP contribution in [0.15, 0.2) is 71.8 Å². The fraction of sp³-hybridized carbons (Fsp3) is 0. The van der Waals surface area contributed by atoms with Crippen molar-refractivity contribution in [1.29, 1.82) is 0 Å². The van der Waals surface area contributed by atoms with Gasteiger partial charge in [-0.05, 0) is 29.0 Å². The molecule has 108 valence electrons. The topological polar surface area (TPSA) is 61.7 Å². The van der Waals surface area contributed by atoms with Crippen LogP contribution < -0.4 is 5.43 Å². The monoisotopic (exact) mass is 290 g/mol. The molecule has 3 rings (SSSR count). The summed E-state index contributed by atoms with van der Waals surface area (Å²) >= 11 is 0. The highest BCUT2D eigenvalue weighted by atomic mass is 16.3. The number of amides is 1. The van der Waals surface area contributed by atoms with E-state index in [4.69, 9.17) is 0 Å². The lowest BCUT2D eigenvalue weighted by Gasteiger charge is -2.04. The molecule has 4 heteroatoms. The quantitative estimate of drug-likeness (QED) is 0.574. The molecule has 0 saturated heterocycles. The zero-order valence-electron chi connectivity index (χ0n) is 11.7. The lowest BCUT2D eigenvalue weighted by atomic mass is 10.0. The molecule has 3 aromatic carbocycles. The number of phenols is 1. The summed E-state index contributed by atoms with van der Waals surface area (Å²) in [6.45, 7) is 0. The van der Waals surface area contributed by atoms with Crippen molar-refractivity contribution in [1.82, 2.24) is 5.43 Å². The Labute approximate surface area is 127 Å². The van der Waals surface area contributed by atoms with Gasteiger partial charge in [0.25, 0.3) is 5.91 Å². The van der Waals surface area contributed by atoms with Crippen LogP contribution in [-0.2, 0) is 0 Å². The maximum absolute atomic E-state index is 12.2. The molecule has 0 aromatic heterocycles. The minimum Gasteiger partial charge on any atom is -0.507 e. The zero-order chi connectivity index (χ0) is 15.4. The van der Waals surface area contributed by atoms with Crippen LogP contribution in [-0.4, -0.2) is 17.2 Å². The summed E-state index contributed by atoms with van der Waals surface area (Å²) in [4.78, 5) is 12.2. The van der Waals surface area contributed by atoms with Gasteiger partial charge in [0.05, 0.1) is 6.21 Å². The molecule has 2 N–H and O–H groups in total. The van der Waals surface area contributed by atoms with Gasteiger partial charge in [-0.15, -0.1) is 0 Å². The van der Waals surface area contributed by atoms with E-state index in [1.807, 2.05) is 36.4 Å². The van der Waals surface area contributed by atoms with Gasteiger partial charge in [0.1, 0.15) is 5.75 Å². The van der Waals surface area contributed by atoms with Gasteiger partial charge in [-0.25, -0.2) is 5.43 Å². The van der Waals surface area contributed by atoms with Crippen molar-refractivity contribution in [3.63, 3.8) is 0 Å². The summed E-state index contributed by atoms with van der Waals surface area (Å²) in [5.74, 6) is -0.172. The number of hydrogen-bond acceptors (Lipinski definition) is 3. The van der Waals surface area contributed by atoms with Crippen molar-refractivity contribution in [3.8, 4) is 5.75 Å². The van der Waals surface area contributed by atoms with Gasteiger partial charge in [-0.3, -0.25) is 4.79 Å². The van der Waals surface area contributed by atoms with Gasteiger partial charge in [0.15, 0.2) is 0 Å². The van der Waals surface area contributed by atoms with E-state index in [1.54, 1.807) is 30.3 Å². The third kappa shape index (κ3) is 2.81. The number of carbonyl (C=O) groups excluding carboxylic acids is 1. The second kappa shape index (κ2) is 6.10. The van der Waals surface area contributed by atoms with Crippen molar-refractivity contribution in [3.05, 3.63) is 77.9 Å². The van der Waals surface area contributed by atoms with Gasteiger partial charge < -0.3 is 5.11 Å². The third-order valence-electron chi connectivity index (χ3n) is 3.34. The fourth-order valence-electron chi connectivity index (χ4n) is 2.24. The Balaban J connectivity index is 1.81. The van der Waals surface area contributed by atoms with Crippen LogP contribution in [0.5, 0.6) is 5.75 Å². The number of rotatable bonds is 3. The van der Waals surface area contributed by atoms with Crippen molar-refractivity contribution < 1.29 is 9.90 Å². The Morgan fingerprint density at radius 3 is 2.55 bits per heavy atom. The van der Waals surface area contributed by atoms with E-state index in [0.29, 0.717) is 11.1 Å². The number of fused-ring (bicyclic) bond motifs is 1. The molecule has 0 heterocycles. The van der Waals surface area contributed by atoms with Crippen molar-refractivity contribution >= 4 is 22.9 Å². The Hall–Kier alpha value is -3.14. The molecule has 0 aliphatic heterocycles. The van der Waals surface area contributed by atoms with E-state index in [9.17, 15) is 9.90 Å². The zero-order valence-corrected chi connectivity index (χ0v) is 11.7. The molecule has 0 atom stereocenters. The first-order valence-corrected chi connectivity index (χ1v) is 6.85. The van der Waals surface area contributed by atoms with Gasteiger partial charge >= 0.3 is 0 Å². The van der Waals surface area contributed by atoms with Crippen LogP contribution in [0, 0.1) is 0 Å². The first-order valence-electron chi connectivity index (χ1n) is 6.85. The van der Waals surface area contributed by atoms with Crippen molar-refractivity contribution in [2.75, 3.05) is 0 Å². The lowest BCUT2D eigenvalue weighted by molar-refractivity contribution is 0.0957. The Bertz CT molecular complexity index is 851. The number of carbonyl (C=O) groups is 1. The van der Waals surface area contributed by atoms with Crippen LogP contribution in [0.4, 0.5) is 0 Å². The summed E-state index contributed by atoms with van der Waals surface area (Å²) in [5, 5.41) is 15.4. The van der Waals surface area contributed by atoms with Crippen LogP contribution in [0.2, 0.25) is 0 Å². The standard InChI is InChI=1S/C18H14N2O2/c21-17-11-4-2-7-14(17)12-19-20-18(22)16-10-5-8-13-6-1-3-9-15(13)16/h1-12,21H,(H,20,22)/b19-12-. The summed E-state index contributed by atoms with van der Waals surface area (Å²) in [7, 11) is 0. The highest BCUT2D eigenvalue weighted by Crippen LogP contribution is 2.18. The SMILES string of the molecule is O=C(N/N=C\c1ccccc1O)c1cccc2ccccc12. The number of benzene rings is 3. The number of phenolic OH excluding ortho intramolecular Hbond substituents is 1. The van der Waals surface area contributed by atoms with Crippen LogP contribution in [0.3, 0.4) is 0 Å². The molecule has 0 bridgehead atoms. The number of nitrogens with one attached hydrogen (secondary N) is 1. The van der Waals surface area contributed by atoms with Gasteiger partial charge in [0, 0.05) is 11.1 Å². The van der Waals surface area contributed by atoms with E-state index >= 15 is 0 Å². The largest absolute Gasteiger partial charge is 0.507 e. The molecular weight excluding hydrogens is 276 g/mol. The maximum Gasteiger partial charge on any atom is 0.271 e. The lowest BCUT2D eigenvalue weighted by Crippen LogP contribution is -2.17. The van der Waals surface area contributed by atoms with E-state index in [2.05, 4.69) is 10.5 Å². The third-order valence-corrected chi connectivity index (χ3v) is 3.34. The second-order valence-corrected chi connectivity index (χ2v) is 4.78. The molecule has 0 unspecified atom stereocenters.